The molecule has 3 rings (SSSR count). The molecule has 3 aliphatic heterocycles. The molecular weight excluding hydrogens is 184 g/mol. The Balaban J connectivity index is 1.74. The molecule has 0 aromatic carbocycles. The molecule has 0 N–H and O–H groups in total. The highest BCUT2D eigenvalue weighted by molar-refractivity contribution is 4.98. The van der Waals surface area contributed by atoms with Crippen LogP contribution in [0.1, 0.15) is 13.8 Å². The standard InChI is InChI=1S/C10H16O4/c1-10(2)12-3-6-7(5-13-10)11-4-8-9(6)14-8/h6-9H,3-5H2,1-2H3/t6-,7-,8-,9-/m1/s1. The lowest BCUT2D eigenvalue weighted by atomic mass is 9.95. The first-order valence-corrected chi connectivity index (χ1v) is 5.21. The largest absolute Gasteiger partial charge is 0.373 e. The van der Waals surface area contributed by atoms with E-state index in [4.69, 9.17) is 18.9 Å². The Morgan fingerprint density at radius 2 is 1.79 bits per heavy atom. The number of ether oxygens (including phenoxy) is 4. The van der Waals surface area contributed by atoms with Crippen LogP contribution in [0.5, 0.6) is 0 Å². The van der Waals surface area contributed by atoms with Crippen LogP contribution in [0.3, 0.4) is 0 Å². The van der Waals surface area contributed by atoms with Crippen molar-refractivity contribution in [2.24, 2.45) is 5.92 Å². The van der Waals surface area contributed by atoms with Gasteiger partial charge in [0.2, 0.25) is 0 Å². The van der Waals surface area contributed by atoms with Gasteiger partial charge in [0.05, 0.1) is 32.0 Å². The van der Waals surface area contributed by atoms with Crippen LogP contribution in [0.15, 0.2) is 0 Å². The van der Waals surface area contributed by atoms with Gasteiger partial charge in [0, 0.05) is 5.92 Å². The van der Waals surface area contributed by atoms with Gasteiger partial charge in [0.1, 0.15) is 6.10 Å². The minimum Gasteiger partial charge on any atom is -0.373 e. The lowest BCUT2D eigenvalue weighted by Gasteiger charge is -2.25. The van der Waals surface area contributed by atoms with E-state index >= 15 is 0 Å². The van der Waals surface area contributed by atoms with Crippen molar-refractivity contribution in [3.8, 4) is 0 Å². The molecule has 4 atom stereocenters. The molecule has 0 aromatic rings. The van der Waals surface area contributed by atoms with E-state index in [1.165, 1.54) is 0 Å². The number of hydrogen-bond donors (Lipinski definition) is 0. The van der Waals surface area contributed by atoms with Gasteiger partial charge in [-0.15, -0.1) is 0 Å². The lowest BCUT2D eigenvalue weighted by molar-refractivity contribution is -0.205. The molecule has 80 valence electrons. The van der Waals surface area contributed by atoms with E-state index in [0.717, 1.165) is 6.61 Å². The fourth-order valence-electron chi connectivity index (χ4n) is 2.22. The van der Waals surface area contributed by atoms with E-state index in [1.807, 2.05) is 13.8 Å². The summed E-state index contributed by atoms with van der Waals surface area (Å²) in [6.45, 7) is 5.89. The topological polar surface area (TPSA) is 40.2 Å². The normalized spacial score (nSPS) is 50.1. The smallest absolute Gasteiger partial charge is 0.162 e. The predicted octanol–water partition coefficient (Wildman–Crippen LogP) is 0.552. The highest BCUT2D eigenvalue weighted by Gasteiger charge is 2.53. The molecule has 0 radical (unpaired) electrons. The summed E-state index contributed by atoms with van der Waals surface area (Å²) >= 11 is 0. The van der Waals surface area contributed by atoms with Crippen molar-refractivity contribution in [2.45, 2.75) is 37.9 Å². The van der Waals surface area contributed by atoms with Gasteiger partial charge >= 0.3 is 0 Å². The summed E-state index contributed by atoms with van der Waals surface area (Å²) in [6.07, 6.45) is 0.827. The first-order chi connectivity index (χ1) is 6.66. The zero-order valence-corrected chi connectivity index (χ0v) is 8.56. The number of fused-ring (bicyclic) bond motifs is 3. The third-order valence-corrected chi connectivity index (χ3v) is 3.21. The van der Waals surface area contributed by atoms with Gasteiger partial charge in [0.15, 0.2) is 5.79 Å². The summed E-state index contributed by atoms with van der Waals surface area (Å²) in [5.74, 6) is -0.124. The summed E-state index contributed by atoms with van der Waals surface area (Å²) in [6, 6.07) is 0. The average molecular weight is 200 g/mol. The van der Waals surface area contributed by atoms with Crippen LogP contribution in [0.2, 0.25) is 0 Å². The highest BCUT2D eigenvalue weighted by Crippen LogP contribution is 2.39. The van der Waals surface area contributed by atoms with Crippen LogP contribution in [0.4, 0.5) is 0 Å². The molecule has 0 unspecified atom stereocenters. The fourth-order valence-corrected chi connectivity index (χ4v) is 2.22. The van der Waals surface area contributed by atoms with Crippen LogP contribution < -0.4 is 0 Å². The molecule has 0 bridgehead atoms. The molecule has 3 aliphatic rings. The fraction of sp³-hybridized carbons (Fsp3) is 1.00. The van der Waals surface area contributed by atoms with Crippen molar-refractivity contribution in [3.05, 3.63) is 0 Å². The van der Waals surface area contributed by atoms with Gasteiger partial charge < -0.3 is 18.9 Å². The zero-order chi connectivity index (χ0) is 9.76. The Hall–Kier alpha value is -0.160. The maximum Gasteiger partial charge on any atom is 0.162 e. The molecule has 0 aliphatic carbocycles. The van der Waals surface area contributed by atoms with Gasteiger partial charge in [-0.05, 0) is 13.8 Å². The molecule has 4 nitrogen and oxygen atoms in total. The molecule has 0 spiro atoms. The minimum atomic E-state index is -0.481. The molecule has 14 heavy (non-hydrogen) atoms. The second-order valence-electron chi connectivity index (χ2n) is 4.70. The van der Waals surface area contributed by atoms with Crippen molar-refractivity contribution < 1.29 is 18.9 Å². The van der Waals surface area contributed by atoms with E-state index in [-0.39, 0.29) is 6.10 Å². The van der Waals surface area contributed by atoms with Gasteiger partial charge in [-0.2, -0.15) is 0 Å². The number of epoxide rings is 1. The zero-order valence-electron chi connectivity index (χ0n) is 8.56. The van der Waals surface area contributed by atoms with Crippen molar-refractivity contribution in [1.82, 2.24) is 0 Å². The summed E-state index contributed by atoms with van der Waals surface area (Å²) in [4.78, 5) is 0. The van der Waals surface area contributed by atoms with Gasteiger partial charge in [-0.25, -0.2) is 0 Å². The summed E-state index contributed by atoms with van der Waals surface area (Å²) in [7, 11) is 0. The predicted molar refractivity (Wildman–Crippen MR) is 47.9 cm³/mol. The maximum absolute atomic E-state index is 5.68. The van der Waals surface area contributed by atoms with Crippen molar-refractivity contribution in [1.29, 1.82) is 0 Å². The van der Waals surface area contributed by atoms with Crippen LogP contribution in [-0.4, -0.2) is 43.9 Å². The van der Waals surface area contributed by atoms with Crippen LogP contribution in [0.25, 0.3) is 0 Å². The van der Waals surface area contributed by atoms with E-state index in [1.54, 1.807) is 0 Å². The quantitative estimate of drug-likeness (QED) is 0.535. The lowest BCUT2D eigenvalue weighted by Crippen LogP contribution is -2.39. The molecular formula is C10H16O4. The highest BCUT2D eigenvalue weighted by atomic mass is 16.7. The molecule has 3 fully saturated rings. The SMILES string of the molecule is CC1(C)OC[C@H]2[C@H]3O[C@@H]3CO[C@@H]2CO1. The monoisotopic (exact) mass is 200 g/mol. The third kappa shape index (κ3) is 1.46. The molecule has 3 saturated heterocycles. The minimum absolute atomic E-state index is 0.153. The Bertz CT molecular complexity index is 240. The molecule has 0 saturated carbocycles. The summed E-state index contributed by atoms with van der Waals surface area (Å²) < 4.78 is 22.5. The third-order valence-electron chi connectivity index (χ3n) is 3.21. The second kappa shape index (κ2) is 2.92. The Morgan fingerprint density at radius 3 is 2.64 bits per heavy atom. The van der Waals surface area contributed by atoms with Crippen LogP contribution in [-0.2, 0) is 18.9 Å². The number of rotatable bonds is 0. The first kappa shape index (κ1) is 9.09. The molecule has 4 heteroatoms. The van der Waals surface area contributed by atoms with Gasteiger partial charge in [-0.1, -0.05) is 0 Å². The van der Waals surface area contributed by atoms with E-state index < -0.39 is 5.79 Å². The van der Waals surface area contributed by atoms with Gasteiger partial charge in [-0.3, -0.25) is 0 Å². The average Bonchev–Trinajstić information content (AvgIpc) is 2.89. The van der Waals surface area contributed by atoms with E-state index in [0.29, 0.717) is 31.3 Å². The van der Waals surface area contributed by atoms with Crippen LogP contribution in [0, 0.1) is 5.92 Å². The Labute approximate surface area is 83.5 Å². The van der Waals surface area contributed by atoms with E-state index in [2.05, 4.69) is 0 Å². The maximum atomic E-state index is 5.68. The van der Waals surface area contributed by atoms with Crippen LogP contribution >= 0.6 is 0 Å². The second-order valence-corrected chi connectivity index (χ2v) is 4.70. The number of hydrogen-bond acceptors (Lipinski definition) is 4. The van der Waals surface area contributed by atoms with Crippen molar-refractivity contribution in [3.63, 3.8) is 0 Å². The molecule has 3 heterocycles. The summed E-state index contributed by atoms with van der Waals surface area (Å²) in [5, 5.41) is 0. The first-order valence-electron chi connectivity index (χ1n) is 5.21. The van der Waals surface area contributed by atoms with Crippen molar-refractivity contribution in [2.75, 3.05) is 19.8 Å². The van der Waals surface area contributed by atoms with E-state index in [9.17, 15) is 0 Å². The molecule has 0 amide bonds. The Kier molecular flexibility index (Phi) is 1.89. The van der Waals surface area contributed by atoms with Crippen molar-refractivity contribution >= 4 is 0 Å². The molecule has 0 aromatic heterocycles. The summed E-state index contributed by atoms with van der Waals surface area (Å²) in [5.41, 5.74) is 0. The van der Waals surface area contributed by atoms with Gasteiger partial charge in [0.25, 0.3) is 0 Å². The Morgan fingerprint density at radius 1 is 1.00 bits per heavy atom.